The molecule has 0 aliphatic heterocycles. The molecule has 0 spiro atoms. The van der Waals surface area contributed by atoms with Crippen LogP contribution < -0.4 is 14.8 Å². The van der Waals surface area contributed by atoms with Crippen LogP contribution in [0.4, 0.5) is 5.69 Å². The minimum Gasteiger partial charge on any atom is -0.494 e. The number of carbonyl (C=O) groups is 1. The summed E-state index contributed by atoms with van der Waals surface area (Å²) in [6.07, 6.45) is 2.12. The smallest absolute Gasteiger partial charge is 0.266 e. The van der Waals surface area contributed by atoms with Crippen molar-refractivity contribution in [3.8, 4) is 17.6 Å². The zero-order chi connectivity index (χ0) is 28.5. The first-order chi connectivity index (χ1) is 19.3. The zero-order valence-corrected chi connectivity index (χ0v) is 23.6. The Morgan fingerprint density at radius 1 is 0.925 bits per heavy atom. The van der Waals surface area contributed by atoms with Gasteiger partial charge in [0.25, 0.3) is 5.91 Å². The summed E-state index contributed by atoms with van der Waals surface area (Å²) in [7, 11) is 0. The quantitative estimate of drug-likeness (QED) is 0.160. The molecule has 0 atom stereocenters. The van der Waals surface area contributed by atoms with Gasteiger partial charge in [-0.3, -0.25) is 4.79 Å². The topological polar surface area (TPSA) is 71.3 Å². The Kier molecular flexibility index (Phi) is 9.62. The number of ether oxygens (including phenoxy) is 2. The summed E-state index contributed by atoms with van der Waals surface area (Å²) in [6, 6.07) is 28.9. The summed E-state index contributed by atoms with van der Waals surface area (Å²) >= 11 is 6.71. The van der Waals surface area contributed by atoms with E-state index in [4.69, 9.17) is 21.1 Å². The summed E-state index contributed by atoms with van der Waals surface area (Å²) < 4.78 is 11.7. The SMILES string of the molecule is CCOc1cc(/C=C(\C#N)C(=O)Nc2ccc(OCc3ccccc3)cc2)cc(Cl)c1Cc1cc(C)cc(C)c1. The molecule has 0 unspecified atom stereocenters. The number of nitrogens with one attached hydrogen (secondary N) is 1. The van der Waals surface area contributed by atoms with Crippen LogP contribution in [0.15, 0.2) is 90.5 Å². The highest BCUT2D eigenvalue weighted by atomic mass is 35.5. The Balaban J connectivity index is 1.48. The van der Waals surface area contributed by atoms with Crippen molar-refractivity contribution in [2.45, 2.75) is 33.8 Å². The fourth-order valence-corrected chi connectivity index (χ4v) is 4.72. The van der Waals surface area contributed by atoms with E-state index in [0.29, 0.717) is 47.4 Å². The molecule has 1 amide bonds. The van der Waals surface area contributed by atoms with Crippen molar-refractivity contribution in [3.05, 3.63) is 129 Å². The Hall–Kier alpha value is -4.53. The van der Waals surface area contributed by atoms with Crippen LogP contribution in [0.5, 0.6) is 11.5 Å². The molecule has 0 radical (unpaired) electrons. The van der Waals surface area contributed by atoms with Gasteiger partial charge in [-0.2, -0.15) is 5.26 Å². The lowest BCUT2D eigenvalue weighted by atomic mass is 9.98. The lowest BCUT2D eigenvalue weighted by Gasteiger charge is -2.14. The van der Waals surface area contributed by atoms with Gasteiger partial charge in [-0.1, -0.05) is 71.3 Å². The highest BCUT2D eigenvalue weighted by Crippen LogP contribution is 2.32. The molecule has 4 rings (SSSR count). The van der Waals surface area contributed by atoms with E-state index in [1.165, 1.54) is 17.2 Å². The molecule has 0 aliphatic carbocycles. The number of hydrogen-bond donors (Lipinski definition) is 1. The molecule has 5 nitrogen and oxygen atoms in total. The van der Waals surface area contributed by atoms with Gasteiger partial charge in [0.2, 0.25) is 0 Å². The maximum absolute atomic E-state index is 12.9. The van der Waals surface area contributed by atoms with Gasteiger partial charge in [0.1, 0.15) is 29.7 Å². The second kappa shape index (κ2) is 13.5. The van der Waals surface area contributed by atoms with E-state index in [1.807, 2.05) is 49.4 Å². The first-order valence-corrected chi connectivity index (χ1v) is 13.4. The van der Waals surface area contributed by atoms with Gasteiger partial charge in [-0.25, -0.2) is 0 Å². The van der Waals surface area contributed by atoms with Crippen molar-refractivity contribution < 1.29 is 14.3 Å². The normalized spacial score (nSPS) is 11.0. The Morgan fingerprint density at radius 2 is 1.62 bits per heavy atom. The molecule has 0 fully saturated rings. The van der Waals surface area contributed by atoms with Crippen molar-refractivity contribution in [2.24, 2.45) is 0 Å². The zero-order valence-electron chi connectivity index (χ0n) is 22.8. The number of carbonyl (C=O) groups excluding carboxylic acids is 1. The molecular weight excluding hydrogens is 520 g/mol. The minimum absolute atomic E-state index is 0.0509. The summed E-state index contributed by atoms with van der Waals surface area (Å²) in [5.74, 6) is 0.787. The van der Waals surface area contributed by atoms with Crippen LogP contribution in [0.3, 0.4) is 0 Å². The average molecular weight is 551 g/mol. The van der Waals surface area contributed by atoms with Crippen LogP contribution >= 0.6 is 11.6 Å². The highest BCUT2D eigenvalue weighted by molar-refractivity contribution is 6.31. The van der Waals surface area contributed by atoms with Crippen molar-refractivity contribution in [2.75, 3.05) is 11.9 Å². The molecule has 6 heteroatoms. The molecule has 4 aromatic rings. The largest absolute Gasteiger partial charge is 0.494 e. The maximum Gasteiger partial charge on any atom is 0.266 e. The van der Waals surface area contributed by atoms with Gasteiger partial charge in [0, 0.05) is 22.7 Å². The monoisotopic (exact) mass is 550 g/mol. The van der Waals surface area contributed by atoms with Gasteiger partial charge in [-0.15, -0.1) is 0 Å². The number of aryl methyl sites for hydroxylation is 2. The van der Waals surface area contributed by atoms with Crippen LogP contribution in [0.25, 0.3) is 6.08 Å². The molecule has 4 aromatic carbocycles. The van der Waals surface area contributed by atoms with Gasteiger partial charge in [0.15, 0.2) is 0 Å². The number of benzene rings is 4. The van der Waals surface area contributed by atoms with Gasteiger partial charge in [-0.05, 0) is 79.9 Å². The molecule has 40 heavy (non-hydrogen) atoms. The van der Waals surface area contributed by atoms with Crippen LogP contribution in [0, 0.1) is 25.2 Å². The number of hydrogen-bond acceptors (Lipinski definition) is 4. The predicted octanol–water partition coefficient (Wildman–Crippen LogP) is 8.07. The fraction of sp³-hybridized carbons (Fsp3) is 0.176. The van der Waals surface area contributed by atoms with Crippen molar-refractivity contribution >= 4 is 29.3 Å². The highest BCUT2D eigenvalue weighted by Gasteiger charge is 2.15. The number of anilines is 1. The first kappa shape index (κ1) is 28.5. The number of nitriles is 1. The van der Waals surface area contributed by atoms with E-state index in [-0.39, 0.29) is 5.57 Å². The van der Waals surface area contributed by atoms with Crippen LogP contribution in [-0.4, -0.2) is 12.5 Å². The van der Waals surface area contributed by atoms with Crippen LogP contribution in [0.2, 0.25) is 5.02 Å². The summed E-state index contributed by atoms with van der Waals surface area (Å²) in [4.78, 5) is 12.9. The molecular formula is C34H31ClN2O3. The second-order valence-corrected chi connectivity index (χ2v) is 9.91. The number of nitrogens with zero attached hydrogens (tertiary/aromatic N) is 1. The predicted molar refractivity (Wildman–Crippen MR) is 161 cm³/mol. The molecule has 0 heterocycles. The molecule has 0 saturated carbocycles. The number of rotatable bonds is 10. The average Bonchev–Trinajstić information content (AvgIpc) is 2.93. The van der Waals surface area contributed by atoms with Crippen LogP contribution in [-0.2, 0) is 17.8 Å². The molecule has 0 aromatic heterocycles. The summed E-state index contributed by atoms with van der Waals surface area (Å²) in [5, 5.41) is 13.0. The molecule has 202 valence electrons. The third-order valence-electron chi connectivity index (χ3n) is 6.18. The Morgan fingerprint density at radius 3 is 2.27 bits per heavy atom. The van der Waals surface area contributed by atoms with Crippen molar-refractivity contribution in [3.63, 3.8) is 0 Å². The first-order valence-electron chi connectivity index (χ1n) is 13.1. The maximum atomic E-state index is 12.9. The van der Waals surface area contributed by atoms with E-state index in [1.54, 1.807) is 30.3 Å². The van der Waals surface area contributed by atoms with Crippen molar-refractivity contribution in [1.29, 1.82) is 5.26 Å². The van der Waals surface area contributed by atoms with Crippen molar-refractivity contribution in [1.82, 2.24) is 0 Å². The third-order valence-corrected chi connectivity index (χ3v) is 6.51. The minimum atomic E-state index is -0.520. The second-order valence-electron chi connectivity index (χ2n) is 9.51. The lowest BCUT2D eigenvalue weighted by molar-refractivity contribution is -0.112. The fourth-order valence-electron chi connectivity index (χ4n) is 4.43. The van der Waals surface area contributed by atoms with Gasteiger partial charge >= 0.3 is 0 Å². The number of halogens is 1. The van der Waals surface area contributed by atoms with E-state index >= 15 is 0 Å². The molecule has 0 aliphatic rings. The number of amides is 1. The van der Waals surface area contributed by atoms with E-state index in [2.05, 4.69) is 37.4 Å². The molecule has 0 bridgehead atoms. The Bertz CT molecular complexity index is 1530. The standard InChI is InChI=1S/C34H31ClN2O3/c1-4-39-33-20-27(19-32(35)31(33)18-26-15-23(2)14-24(3)16-26)17-28(21-36)34(38)37-29-10-12-30(13-11-29)40-22-25-8-6-5-7-9-25/h5-17,19-20H,4,18,22H2,1-3H3,(H,37,38)/b28-17+. The van der Waals surface area contributed by atoms with Gasteiger partial charge < -0.3 is 14.8 Å². The van der Waals surface area contributed by atoms with Crippen LogP contribution in [0.1, 0.15) is 40.3 Å². The molecule has 1 N–H and O–H groups in total. The summed E-state index contributed by atoms with van der Waals surface area (Å²) in [6.45, 7) is 6.95. The summed E-state index contributed by atoms with van der Waals surface area (Å²) in [5.41, 5.74) is 6.54. The Labute approximate surface area is 240 Å². The lowest BCUT2D eigenvalue weighted by Crippen LogP contribution is -2.13. The third kappa shape index (κ3) is 7.75. The molecule has 0 saturated heterocycles. The van der Waals surface area contributed by atoms with Gasteiger partial charge in [0.05, 0.1) is 6.61 Å². The van der Waals surface area contributed by atoms with E-state index in [0.717, 1.165) is 16.7 Å². The van der Waals surface area contributed by atoms with E-state index < -0.39 is 5.91 Å². The van der Waals surface area contributed by atoms with E-state index in [9.17, 15) is 10.1 Å².